The van der Waals surface area contributed by atoms with E-state index in [1.54, 1.807) is 29.2 Å². The highest BCUT2D eigenvalue weighted by Crippen LogP contribution is 2.22. The van der Waals surface area contributed by atoms with E-state index in [-0.39, 0.29) is 18.2 Å². The molecule has 0 bridgehead atoms. The maximum atomic E-state index is 12.3. The summed E-state index contributed by atoms with van der Waals surface area (Å²) < 4.78 is 0. The number of carbonyl (C=O) groups is 2. The van der Waals surface area contributed by atoms with Crippen LogP contribution in [0, 0.1) is 0 Å². The summed E-state index contributed by atoms with van der Waals surface area (Å²) in [5.41, 5.74) is 2.70. The van der Waals surface area contributed by atoms with Gasteiger partial charge >= 0.3 is 0 Å². The molecule has 28 heavy (non-hydrogen) atoms. The number of halogens is 1. The van der Waals surface area contributed by atoms with Gasteiger partial charge < -0.3 is 15.1 Å². The molecule has 2 aromatic rings. The maximum Gasteiger partial charge on any atom is 0.226 e. The van der Waals surface area contributed by atoms with E-state index >= 15 is 0 Å². The van der Waals surface area contributed by atoms with E-state index in [2.05, 4.69) is 22.3 Å². The number of piperidine rings is 1. The van der Waals surface area contributed by atoms with Crippen molar-refractivity contribution in [3.63, 3.8) is 0 Å². The van der Waals surface area contributed by atoms with Crippen molar-refractivity contribution in [1.82, 2.24) is 0 Å². The predicted octanol–water partition coefficient (Wildman–Crippen LogP) is 4.71. The van der Waals surface area contributed by atoms with Crippen molar-refractivity contribution in [1.29, 1.82) is 0 Å². The van der Waals surface area contributed by atoms with Crippen molar-refractivity contribution in [2.24, 2.45) is 0 Å². The Morgan fingerprint density at radius 1 is 1.00 bits per heavy atom. The fourth-order valence-electron chi connectivity index (χ4n) is 3.43. The van der Waals surface area contributed by atoms with Crippen molar-refractivity contribution < 1.29 is 9.59 Å². The summed E-state index contributed by atoms with van der Waals surface area (Å²) in [6, 6.07) is 15.0. The van der Waals surface area contributed by atoms with Crippen LogP contribution in [-0.4, -0.2) is 31.4 Å². The smallest absolute Gasteiger partial charge is 0.226 e. The Balaban J connectivity index is 1.54. The molecule has 1 fully saturated rings. The number of rotatable bonds is 6. The molecule has 0 spiro atoms. The molecule has 2 amide bonds. The minimum Gasteiger partial charge on any atom is -0.372 e. The van der Waals surface area contributed by atoms with Crippen LogP contribution in [0.15, 0.2) is 48.5 Å². The monoisotopic (exact) mass is 399 g/mol. The number of hydrogen-bond donors (Lipinski definition) is 1. The van der Waals surface area contributed by atoms with E-state index in [0.717, 1.165) is 24.5 Å². The average Bonchev–Trinajstić information content (AvgIpc) is 2.70. The number of anilines is 3. The first-order chi connectivity index (χ1) is 13.5. The van der Waals surface area contributed by atoms with Crippen LogP contribution in [0.4, 0.5) is 17.1 Å². The van der Waals surface area contributed by atoms with Crippen LogP contribution in [0.1, 0.15) is 32.6 Å². The fourth-order valence-corrected chi connectivity index (χ4v) is 3.56. The normalized spacial score (nSPS) is 13.9. The van der Waals surface area contributed by atoms with Gasteiger partial charge in [-0.3, -0.25) is 9.59 Å². The lowest BCUT2D eigenvalue weighted by Crippen LogP contribution is -2.32. The van der Waals surface area contributed by atoms with E-state index in [0.29, 0.717) is 11.6 Å². The van der Waals surface area contributed by atoms with E-state index in [1.807, 2.05) is 12.1 Å². The van der Waals surface area contributed by atoms with E-state index in [4.69, 9.17) is 11.6 Å². The molecular formula is C22H26ClN3O2. The zero-order valence-electron chi connectivity index (χ0n) is 16.2. The fraction of sp³-hybridized carbons (Fsp3) is 0.364. The zero-order chi connectivity index (χ0) is 19.9. The van der Waals surface area contributed by atoms with Gasteiger partial charge in [-0.2, -0.15) is 0 Å². The topological polar surface area (TPSA) is 52.7 Å². The molecule has 0 atom stereocenters. The van der Waals surface area contributed by atoms with Crippen molar-refractivity contribution in [2.75, 3.05) is 34.8 Å². The Hall–Kier alpha value is -2.53. The molecule has 0 saturated carbocycles. The predicted molar refractivity (Wildman–Crippen MR) is 115 cm³/mol. The number of nitrogens with one attached hydrogen (secondary N) is 1. The molecular weight excluding hydrogens is 374 g/mol. The van der Waals surface area contributed by atoms with Gasteiger partial charge in [-0.15, -0.1) is 0 Å². The summed E-state index contributed by atoms with van der Waals surface area (Å²) in [5.74, 6) is -0.230. The first-order valence-corrected chi connectivity index (χ1v) is 10.1. The minimum atomic E-state index is -0.120. The quantitative estimate of drug-likeness (QED) is 0.765. The Labute approximate surface area is 171 Å². The van der Waals surface area contributed by atoms with Crippen LogP contribution in [0.25, 0.3) is 0 Å². The Bertz CT molecular complexity index is 800. The van der Waals surface area contributed by atoms with Gasteiger partial charge in [0.05, 0.1) is 0 Å². The molecule has 1 N–H and O–H groups in total. The van der Waals surface area contributed by atoms with E-state index in [9.17, 15) is 9.59 Å². The lowest BCUT2D eigenvalue weighted by molar-refractivity contribution is -0.117. The largest absolute Gasteiger partial charge is 0.372 e. The second kappa shape index (κ2) is 9.60. The molecule has 148 valence electrons. The van der Waals surface area contributed by atoms with Crippen LogP contribution in [-0.2, 0) is 9.59 Å². The molecule has 1 saturated heterocycles. The highest BCUT2D eigenvalue weighted by atomic mass is 35.5. The molecule has 1 aliphatic rings. The SMILES string of the molecule is CC(=O)N(CCC(=O)Nc1ccc(N2CCCCC2)cc1)c1ccc(Cl)cc1. The maximum absolute atomic E-state index is 12.3. The van der Waals surface area contributed by atoms with Crippen molar-refractivity contribution in [3.05, 3.63) is 53.6 Å². The third-order valence-corrected chi connectivity index (χ3v) is 5.21. The number of amides is 2. The van der Waals surface area contributed by atoms with E-state index < -0.39 is 0 Å². The number of hydrogen-bond acceptors (Lipinski definition) is 3. The van der Waals surface area contributed by atoms with Crippen molar-refractivity contribution >= 4 is 40.5 Å². The minimum absolute atomic E-state index is 0.110. The summed E-state index contributed by atoms with van der Waals surface area (Å²) in [6.07, 6.45) is 3.99. The van der Waals surface area contributed by atoms with Gasteiger partial charge in [-0.05, 0) is 67.8 Å². The number of nitrogens with zero attached hydrogens (tertiary/aromatic N) is 2. The first kappa shape index (κ1) is 20.2. The summed E-state index contributed by atoms with van der Waals surface area (Å²) in [6.45, 7) is 4.00. The third kappa shape index (κ3) is 5.49. The highest BCUT2D eigenvalue weighted by molar-refractivity contribution is 6.30. The molecule has 0 aliphatic carbocycles. The lowest BCUT2D eigenvalue weighted by atomic mass is 10.1. The number of benzene rings is 2. The van der Waals surface area contributed by atoms with Gasteiger partial charge in [0.1, 0.15) is 0 Å². The summed E-state index contributed by atoms with van der Waals surface area (Å²) >= 11 is 5.90. The second-order valence-electron chi connectivity index (χ2n) is 7.04. The second-order valence-corrected chi connectivity index (χ2v) is 7.48. The molecule has 0 unspecified atom stereocenters. The lowest BCUT2D eigenvalue weighted by Gasteiger charge is -2.28. The van der Waals surface area contributed by atoms with Crippen LogP contribution in [0.3, 0.4) is 0 Å². The van der Waals surface area contributed by atoms with Gasteiger partial charge in [0.2, 0.25) is 11.8 Å². The third-order valence-electron chi connectivity index (χ3n) is 4.95. The standard InChI is InChI=1S/C22H26ClN3O2/c1-17(27)26(21-9-5-18(23)6-10-21)16-13-22(28)24-19-7-11-20(12-8-19)25-14-3-2-4-15-25/h5-12H,2-4,13-16H2,1H3,(H,24,28). The first-order valence-electron chi connectivity index (χ1n) is 9.71. The molecule has 3 rings (SSSR count). The molecule has 1 heterocycles. The summed E-state index contributed by atoms with van der Waals surface area (Å²) in [7, 11) is 0. The average molecular weight is 400 g/mol. The van der Waals surface area contributed by atoms with Crippen LogP contribution >= 0.6 is 11.6 Å². The highest BCUT2D eigenvalue weighted by Gasteiger charge is 2.14. The molecule has 2 aromatic carbocycles. The molecule has 0 radical (unpaired) electrons. The van der Waals surface area contributed by atoms with Gasteiger partial charge in [0.25, 0.3) is 0 Å². The van der Waals surface area contributed by atoms with Crippen LogP contribution in [0.5, 0.6) is 0 Å². The van der Waals surface area contributed by atoms with Gasteiger partial charge in [0, 0.05) is 55.1 Å². The molecule has 0 aromatic heterocycles. The van der Waals surface area contributed by atoms with Gasteiger partial charge in [0.15, 0.2) is 0 Å². The summed E-state index contributed by atoms with van der Waals surface area (Å²) in [5, 5.41) is 3.52. The molecule has 1 aliphatic heterocycles. The van der Waals surface area contributed by atoms with Crippen LogP contribution in [0.2, 0.25) is 5.02 Å². The Kier molecular flexibility index (Phi) is 6.93. The van der Waals surface area contributed by atoms with Crippen molar-refractivity contribution in [3.8, 4) is 0 Å². The Morgan fingerprint density at radius 3 is 2.25 bits per heavy atom. The molecule has 6 heteroatoms. The van der Waals surface area contributed by atoms with Crippen LogP contribution < -0.4 is 15.1 Å². The summed E-state index contributed by atoms with van der Waals surface area (Å²) in [4.78, 5) is 28.2. The van der Waals surface area contributed by atoms with Crippen molar-refractivity contribution in [2.45, 2.75) is 32.6 Å². The van der Waals surface area contributed by atoms with E-state index in [1.165, 1.54) is 31.9 Å². The number of carbonyl (C=O) groups excluding carboxylic acids is 2. The zero-order valence-corrected chi connectivity index (χ0v) is 16.9. The van der Waals surface area contributed by atoms with Gasteiger partial charge in [-0.25, -0.2) is 0 Å². The van der Waals surface area contributed by atoms with Gasteiger partial charge in [-0.1, -0.05) is 11.6 Å². The molecule has 5 nitrogen and oxygen atoms in total. The Morgan fingerprint density at radius 2 is 1.64 bits per heavy atom.